The zero-order chi connectivity index (χ0) is 14.4. The fraction of sp³-hybridized carbons (Fsp3) is 0.263. The Morgan fingerprint density at radius 2 is 1.90 bits per heavy atom. The molecule has 106 valence electrons. The molecule has 2 atom stereocenters. The Balaban J connectivity index is 1.77. The van der Waals surface area contributed by atoms with Gasteiger partial charge in [-0.1, -0.05) is 36.4 Å². The zero-order valence-electron chi connectivity index (χ0n) is 12.1. The van der Waals surface area contributed by atoms with Gasteiger partial charge in [-0.05, 0) is 59.8 Å². The molecule has 0 radical (unpaired) electrons. The molecule has 0 aromatic heterocycles. The highest BCUT2D eigenvalue weighted by atomic mass is 19.1. The lowest BCUT2D eigenvalue weighted by molar-refractivity contribution is 0.574. The number of halogens is 1. The number of fused-ring (bicyclic) bond motifs is 2. The van der Waals surface area contributed by atoms with Crippen molar-refractivity contribution in [2.24, 2.45) is 0 Å². The average Bonchev–Trinajstić information content (AvgIpc) is 3.07. The van der Waals surface area contributed by atoms with E-state index in [1.807, 2.05) is 13.1 Å². The second-order valence-corrected chi connectivity index (χ2v) is 5.92. The highest BCUT2D eigenvalue weighted by Gasteiger charge is 2.34. The largest absolute Gasteiger partial charge is 0.313 e. The van der Waals surface area contributed by atoms with E-state index in [4.69, 9.17) is 0 Å². The number of nitrogens with one attached hydrogen (secondary N) is 1. The van der Waals surface area contributed by atoms with Crippen molar-refractivity contribution >= 4 is 5.57 Å². The number of hydrogen-bond donors (Lipinski definition) is 1. The van der Waals surface area contributed by atoms with Gasteiger partial charge in [0.2, 0.25) is 0 Å². The van der Waals surface area contributed by atoms with E-state index in [9.17, 15) is 4.39 Å². The molecular formula is C19H18FN. The van der Waals surface area contributed by atoms with Crippen LogP contribution in [-0.4, -0.2) is 7.05 Å². The summed E-state index contributed by atoms with van der Waals surface area (Å²) in [6.45, 7) is 0. The molecule has 2 aliphatic rings. The third-order valence-electron chi connectivity index (χ3n) is 4.86. The van der Waals surface area contributed by atoms with Gasteiger partial charge in [0.05, 0.1) is 0 Å². The maximum absolute atomic E-state index is 13.4. The van der Waals surface area contributed by atoms with Gasteiger partial charge in [-0.2, -0.15) is 0 Å². The first kappa shape index (κ1) is 12.8. The predicted octanol–water partition coefficient (Wildman–Crippen LogP) is 4.21. The summed E-state index contributed by atoms with van der Waals surface area (Å²) in [5, 5.41) is 3.42. The molecule has 0 saturated carbocycles. The summed E-state index contributed by atoms with van der Waals surface area (Å²) < 4.78 is 13.4. The molecule has 0 heterocycles. The second kappa shape index (κ2) is 4.81. The monoisotopic (exact) mass is 279 g/mol. The third-order valence-corrected chi connectivity index (χ3v) is 4.86. The van der Waals surface area contributed by atoms with Gasteiger partial charge in [-0.3, -0.25) is 0 Å². The molecule has 2 aliphatic carbocycles. The van der Waals surface area contributed by atoms with Crippen molar-refractivity contribution in [1.82, 2.24) is 5.32 Å². The Hall–Kier alpha value is -1.93. The minimum absolute atomic E-state index is 0.136. The van der Waals surface area contributed by atoms with Crippen LogP contribution in [-0.2, 0) is 6.42 Å². The summed E-state index contributed by atoms with van der Waals surface area (Å²) in [5.74, 6) is 0.286. The normalized spacial score (nSPS) is 22.9. The van der Waals surface area contributed by atoms with Crippen molar-refractivity contribution in [3.63, 3.8) is 0 Å². The van der Waals surface area contributed by atoms with E-state index in [1.54, 1.807) is 12.1 Å². The van der Waals surface area contributed by atoms with Crippen molar-refractivity contribution in [1.29, 1.82) is 0 Å². The molecule has 21 heavy (non-hydrogen) atoms. The molecule has 4 rings (SSSR count). The Bertz CT molecular complexity index is 732. The fourth-order valence-corrected chi connectivity index (χ4v) is 3.88. The van der Waals surface area contributed by atoms with Gasteiger partial charge in [0, 0.05) is 12.0 Å². The number of rotatable bonds is 2. The Labute approximate surface area is 124 Å². The Kier molecular flexibility index (Phi) is 2.93. The molecule has 1 N–H and O–H groups in total. The van der Waals surface area contributed by atoms with E-state index in [0.717, 1.165) is 18.4 Å². The van der Waals surface area contributed by atoms with E-state index in [2.05, 4.69) is 35.7 Å². The van der Waals surface area contributed by atoms with Crippen LogP contribution >= 0.6 is 0 Å². The molecule has 1 nitrogen and oxygen atoms in total. The molecule has 0 bridgehead atoms. The van der Waals surface area contributed by atoms with Gasteiger partial charge in [0.1, 0.15) is 5.82 Å². The Morgan fingerprint density at radius 1 is 1.10 bits per heavy atom. The summed E-state index contributed by atoms with van der Waals surface area (Å²) >= 11 is 0. The lowest BCUT2D eigenvalue weighted by atomic mass is 9.89. The zero-order valence-corrected chi connectivity index (χ0v) is 12.1. The van der Waals surface area contributed by atoms with Crippen LogP contribution < -0.4 is 5.32 Å². The third kappa shape index (κ3) is 1.94. The molecule has 0 fully saturated rings. The molecule has 0 amide bonds. The van der Waals surface area contributed by atoms with Gasteiger partial charge in [0.15, 0.2) is 0 Å². The highest BCUT2D eigenvalue weighted by molar-refractivity contribution is 5.79. The first-order valence-electron chi connectivity index (χ1n) is 7.53. The van der Waals surface area contributed by atoms with E-state index < -0.39 is 0 Å². The van der Waals surface area contributed by atoms with Crippen molar-refractivity contribution in [3.8, 4) is 0 Å². The lowest BCUT2D eigenvalue weighted by Crippen LogP contribution is -2.13. The molecule has 2 heteroatoms. The standard InChI is InChI=1S/C19H18FN/c1-21-19-11-18(15-4-2-3-5-17(15)19)16-8-6-12-10-13(20)7-9-14(12)16/h2-5,7-10,18-19,21H,6,11H2,1H3. The minimum atomic E-state index is -0.136. The van der Waals surface area contributed by atoms with Crippen LogP contribution in [0.15, 0.2) is 48.5 Å². The Morgan fingerprint density at radius 3 is 2.71 bits per heavy atom. The summed E-state index contributed by atoms with van der Waals surface area (Å²) in [5.41, 5.74) is 6.54. The quantitative estimate of drug-likeness (QED) is 0.868. The highest BCUT2D eigenvalue weighted by Crippen LogP contribution is 2.49. The summed E-state index contributed by atoms with van der Waals surface area (Å²) in [6, 6.07) is 14.3. The summed E-state index contributed by atoms with van der Waals surface area (Å²) in [4.78, 5) is 0. The van der Waals surface area contributed by atoms with E-state index in [1.165, 1.54) is 22.3 Å². The minimum Gasteiger partial charge on any atom is -0.313 e. The van der Waals surface area contributed by atoms with E-state index >= 15 is 0 Å². The van der Waals surface area contributed by atoms with Gasteiger partial charge in [-0.15, -0.1) is 0 Å². The van der Waals surface area contributed by atoms with Crippen LogP contribution in [0.4, 0.5) is 4.39 Å². The first-order valence-corrected chi connectivity index (χ1v) is 7.53. The number of benzene rings is 2. The second-order valence-electron chi connectivity index (χ2n) is 5.92. The lowest BCUT2D eigenvalue weighted by Gasteiger charge is -2.15. The van der Waals surface area contributed by atoms with Gasteiger partial charge >= 0.3 is 0 Å². The molecule has 0 aliphatic heterocycles. The van der Waals surface area contributed by atoms with Gasteiger partial charge < -0.3 is 5.32 Å². The van der Waals surface area contributed by atoms with Crippen molar-refractivity contribution in [2.45, 2.75) is 24.8 Å². The van der Waals surface area contributed by atoms with Crippen LogP contribution in [0.25, 0.3) is 5.57 Å². The van der Waals surface area contributed by atoms with Gasteiger partial charge in [0.25, 0.3) is 0 Å². The van der Waals surface area contributed by atoms with Crippen molar-refractivity contribution in [2.75, 3.05) is 7.05 Å². The maximum Gasteiger partial charge on any atom is 0.123 e. The smallest absolute Gasteiger partial charge is 0.123 e. The fourth-order valence-electron chi connectivity index (χ4n) is 3.88. The topological polar surface area (TPSA) is 12.0 Å². The molecule has 2 aromatic rings. The molecule has 2 unspecified atom stereocenters. The number of allylic oxidation sites excluding steroid dienone is 2. The predicted molar refractivity (Wildman–Crippen MR) is 83.7 cm³/mol. The van der Waals surface area contributed by atoms with Crippen LogP contribution in [0.5, 0.6) is 0 Å². The van der Waals surface area contributed by atoms with E-state index in [0.29, 0.717) is 12.0 Å². The van der Waals surface area contributed by atoms with Crippen molar-refractivity contribution < 1.29 is 4.39 Å². The molecule has 0 spiro atoms. The molecular weight excluding hydrogens is 261 g/mol. The van der Waals surface area contributed by atoms with Crippen LogP contribution in [0.2, 0.25) is 0 Å². The van der Waals surface area contributed by atoms with E-state index in [-0.39, 0.29) is 5.82 Å². The summed E-state index contributed by atoms with van der Waals surface area (Å²) in [6.07, 6.45) is 4.22. The van der Waals surface area contributed by atoms with Crippen LogP contribution in [0.1, 0.15) is 40.6 Å². The maximum atomic E-state index is 13.4. The van der Waals surface area contributed by atoms with Gasteiger partial charge in [-0.25, -0.2) is 4.39 Å². The molecule has 2 aromatic carbocycles. The van der Waals surface area contributed by atoms with Crippen LogP contribution in [0.3, 0.4) is 0 Å². The van der Waals surface area contributed by atoms with Crippen molar-refractivity contribution in [3.05, 3.63) is 76.6 Å². The first-order chi connectivity index (χ1) is 10.3. The summed E-state index contributed by atoms with van der Waals surface area (Å²) in [7, 11) is 2.02. The molecule has 0 saturated heterocycles. The number of hydrogen-bond acceptors (Lipinski definition) is 1. The SMILES string of the molecule is CNC1CC(C2=CCc3cc(F)ccc32)c2ccccc21. The van der Waals surface area contributed by atoms with Crippen LogP contribution in [0, 0.1) is 5.82 Å². The average molecular weight is 279 g/mol.